The molecule has 0 bridgehead atoms. The average Bonchev–Trinajstić information content (AvgIpc) is 3.39. The third kappa shape index (κ3) is 4.84. The van der Waals surface area contributed by atoms with Crippen LogP contribution < -0.4 is 10.2 Å². The highest BCUT2D eigenvalue weighted by Crippen LogP contribution is 2.38. The van der Waals surface area contributed by atoms with Crippen molar-refractivity contribution < 1.29 is 19.1 Å². The first-order chi connectivity index (χ1) is 15.6. The van der Waals surface area contributed by atoms with Gasteiger partial charge < -0.3 is 15.0 Å². The van der Waals surface area contributed by atoms with Crippen LogP contribution in [-0.4, -0.2) is 52.5 Å². The summed E-state index contributed by atoms with van der Waals surface area (Å²) in [7, 11) is 0. The smallest absolute Gasteiger partial charge is 0.410 e. The number of aromatic nitrogens is 1. The molecule has 4 rings (SSSR count). The number of anilines is 2. The first kappa shape index (κ1) is 22.8. The predicted molar refractivity (Wildman–Crippen MR) is 126 cm³/mol. The van der Waals surface area contributed by atoms with Gasteiger partial charge in [0.1, 0.15) is 17.5 Å². The molecule has 33 heavy (non-hydrogen) atoms. The lowest BCUT2D eigenvalue weighted by molar-refractivity contribution is -0.122. The number of pyridine rings is 1. The van der Waals surface area contributed by atoms with E-state index in [0.717, 1.165) is 28.8 Å². The molecule has 1 N–H and O–H groups in total. The molecule has 2 aliphatic heterocycles. The maximum atomic E-state index is 13.5. The molecule has 174 valence electrons. The normalized spacial score (nSPS) is 17.6. The van der Waals surface area contributed by atoms with Crippen molar-refractivity contribution in [3.63, 3.8) is 0 Å². The lowest BCUT2D eigenvalue weighted by Crippen LogP contribution is -2.48. The second-order valence-electron chi connectivity index (χ2n) is 9.49. The molecule has 1 atom stereocenters. The predicted octanol–water partition coefficient (Wildman–Crippen LogP) is 4.00. The number of carbonyl (C=O) groups is 3. The second kappa shape index (κ2) is 8.84. The van der Waals surface area contributed by atoms with E-state index < -0.39 is 17.7 Å². The maximum absolute atomic E-state index is 13.5. The van der Waals surface area contributed by atoms with Gasteiger partial charge in [0, 0.05) is 31.9 Å². The number of hydrogen-bond donors (Lipinski definition) is 1. The van der Waals surface area contributed by atoms with Crippen LogP contribution in [0.4, 0.5) is 16.3 Å². The van der Waals surface area contributed by atoms with Crippen molar-refractivity contribution in [2.45, 2.75) is 58.6 Å². The standard InChI is InChI=1S/C25H30N4O4/c1-16(30)27-22-15-17(10-12-26-22)18-7-5-8-20-19(18)11-14-28(20)23(31)21-9-6-13-29(21)24(32)33-25(2,3)4/h5,7-8,10,12,15,21H,6,9,11,13-14H2,1-4H3,(H,26,27,30). The van der Waals surface area contributed by atoms with Gasteiger partial charge in [-0.15, -0.1) is 0 Å². The minimum absolute atomic E-state index is 0.0667. The van der Waals surface area contributed by atoms with Crippen LogP contribution in [0.2, 0.25) is 0 Å². The minimum Gasteiger partial charge on any atom is -0.444 e. The lowest BCUT2D eigenvalue weighted by Gasteiger charge is -2.30. The van der Waals surface area contributed by atoms with Gasteiger partial charge in [-0.3, -0.25) is 14.5 Å². The van der Waals surface area contributed by atoms with E-state index >= 15 is 0 Å². The summed E-state index contributed by atoms with van der Waals surface area (Å²) in [6, 6.07) is 9.12. The summed E-state index contributed by atoms with van der Waals surface area (Å²) in [6.07, 6.45) is 3.35. The molecule has 3 amide bonds. The van der Waals surface area contributed by atoms with Crippen LogP contribution in [0.3, 0.4) is 0 Å². The molecule has 0 saturated carbocycles. The molecule has 3 heterocycles. The Bertz CT molecular complexity index is 1090. The van der Waals surface area contributed by atoms with Crippen molar-refractivity contribution in [1.29, 1.82) is 0 Å². The van der Waals surface area contributed by atoms with Gasteiger partial charge in [0.05, 0.1) is 0 Å². The molecule has 0 spiro atoms. The van der Waals surface area contributed by atoms with Crippen LogP contribution in [0, 0.1) is 0 Å². The van der Waals surface area contributed by atoms with E-state index in [1.54, 1.807) is 16.0 Å². The highest BCUT2D eigenvalue weighted by molar-refractivity contribution is 6.01. The molecule has 1 fully saturated rings. The Kier molecular flexibility index (Phi) is 6.10. The maximum Gasteiger partial charge on any atom is 0.410 e. The number of likely N-dealkylation sites (tertiary alicyclic amines) is 1. The molecule has 1 aromatic carbocycles. The number of hydrogen-bond acceptors (Lipinski definition) is 5. The summed E-state index contributed by atoms with van der Waals surface area (Å²) >= 11 is 0. The molecule has 2 aromatic rings. The topological polar surface area (TPSA) is 91.8 Å². The summed E-state index contributed by atoms with van der Waals surface area (Å²) in [6.45, 7) is 8.01. The molecular weight excluding hydrogens is 420 g/mol. The number of carbonyl (C=O) groups excluding carboxylic acids is 3. The van der Waals surface area contributed by atoms with E-state index in [4.69, 9.17) is 4.74 Å². The van der Waals surface area contributed by atoms with E-state index in [1.807, 2.05) is 51.1 Å². The Balaban J connectivity index is 1.59. The molecule has 1 saturated heterocycles. The van der Waals surface area contributed by atoms with E-state index in [0.29, 0.717) is 31.7 Å². The third-order valence-electron chi connectivity index (χ3n) is 5.83. The van der Waals surface area contributed by atoms with Gasteiger partial charge in [-0.2, -0.15) is 0 Å². The van der Waals surface area contributed by atoms with Gasteiger partial charge in [-0.25, -0.2) is 9.78 Å². The third-order valence-corrected chi connectivity index (χ3v) is 5.83. The molecule has 8 nitrogen and oxygen atoms in total. The summed E-state index contributed by atoms with van der Waals surface area (Å²) in [5.41, 5.74) is 3.27. The fourth-order valence-corrected chi connectivity index (χ4v) is 4.52. The number of benzene rings is 1. The van der Waals surface area contributed by atoms with Crippen molar-refractivity contribution in [1.82, 2.24) is 9.88 Å². The van der Waals surface area contributed by atoms with Crippen molar-refractivity contribution >= 4 is 29.4 Å². The summed E-state index contributed by atoms with van der Waals surface area (Å²) < 4.78 is 5.53. The second-order valence-corrected chi connectivity index (χ2v) is 9.49. The zero-order chi connectivity index (χ0) is 23.8. The van der Waals surface area contributed by atoms with Gasteiger partial charge in [0.15, 0.2) is 0 Å². The van der Waals surface area contributed by atoms with Gasteiger partial charge >= 0.3 is 6.09 Å². The first-order valence-electron chi connectivity index (χ1n) is 11.3. The van der Waals surface area contributed by atoms with Crippen LogP contribution in [0.15, 0.2) is 36.5 Å². The SMILES string of the molecule is CC(=O)Nc1cc(-c2cccc3c2CCN3C(=O)C2CCCN2C(=O)OC(C)(C)C)ccn1. The van der Waals surface area contributed by atoms with Crippen molar-refractivity contribution in [2.75, 3.05) is 23.3 Å². The Labute approximate surface area is 193 Å². The van der Waals surface area contributed by atoms with Gasteiger partial charge in [0.2, 0.25) is 11.8 Å². The zero-order valence-electron chi connectivity index (χ0n) is 19.6. The van der Waals surface area contributed by atoms with E-state index in [1.165, 1.54) is 6.92 Å². The van der Waals surface area contributed by atoms with Crippen LogP contribution in [0.25, 0.3) is 11.1 Å². The molecule has 1 unspecified atom stereocenters. The Hall–Kier alpha value is -3.42. The number of nitrogens with one attached hydrogen (secondary N) is 1. The molecule has 2 aliphatic rings. The van der Waals surface area contributed by atoms with Gasteiger partial charge in [0.25, 0.3) is 0 Å². The van der Waals surface area contributed by atoms with Crippen molar-refractivity contribution in [3.8, 4) is 11.1 Å². The molecular formula is C25H30N4O4. The Morgan fingerprint density at radius 1 is 1.15 bits per heavy atom. The van der Waals surface area contributed by atoms with E-state index in [9.17, 15) is 14.4 Å². The Morgan fingerprint density at radius 3 is 2.67 bits per heavy atom. The number of rotatable bonds is 3. The Morgan fingerprint density at radius 2 is 1.94 bits per heavy atom. The van der Waals surface area contributed by atoms with Crippen molar-refractivity contribution in [3.05, 3.63) is 42.1 Å². The molecule has 8 heteroatoms. The minimum atomic E-state index is -0.608. The summed E-state index contributed by atoms with van der Waals surface area (Å²) in [4.78, 5) is 45.2. The summed E-state index contributed by atoms with van der Waals surface area (Å²) in [5, 5.41) is 2.71. The summed E-state index contributed by atoms with van der Waals surface area (Å²) in [5.74, 6) is 0.242. The number of amides is 3. The van der Waals surface area contributed by atoms with Crippen LogP contribution >= 0.6 is 0 Å². The van der Waals surface area contributed by atoms with E-state index in [2.05, 4.69) is 10.3 Å². The van der Waals surface area contributed by atoms with Crippen molar-refractivity contribution in [2.24, 2.45) is 0 Å². The van der Waals surface area contributed by atoms with Crippen LogP contribution in [0.5, 0.6) is 0 Å². The fraction of sp³-hybridized carbons (Fsp3) is 0.440. The highest BCUT2D eigenvalue weighted by atomic mass is 16.6. The monoisotopic (exact) mass is 450 g/mol. The largest absolute Gasteiger partial charge is 0.444 e. The van der Waals surface area contributed by atoms with Crippen LogP contribution in [-0.2, 0) is 20.7 Å². The number of nitrogens with zero attached hydrogens (tertiary/aromatic N) is 3. The fourth-order valence-electron chi connectivity index (χ4n) is 4.52. The number of fused-ring (bicyclic) bond motifs is 1. The molecule has 0 radical (unpaired) electrons. The average molecular weight is 451 g/mol. The molecule has 0 aliphatic carbocycles. The van der Waals surface area contributed by atoms with Gasteiger partial charge in [-0.05, 0) is 74.9 Å². The quantitative estimate of drug-likeness (QED) is 0.763. The zero-order valence-corrected chi connectivity index (χ0v) is 19.6. The first-order valence-corrected chi connectivity index (χ1v) is 11.3. The van der Waals surface area contributed by atoms with E-state index in [-0.39, 0.29) is 11.8 Å². The van der Waals surface area contributed by atoms with Crippen LogP contribution in [0.1, 0.15) is 46.1 Å². The number of ether oxygens (including phenoxy) is 1. The highest BCUT2D eigenvalue weighted by Gasteiger charge is 2.40. The lowest BCUT2D eigenvalue weighted by atomic mass is 9.98. The van der Waals surface area contributed by atoms with Gasteiger partial charge in [-0.1, -0.05) is 12.1 Å². The molecule has 1 aromatic heterocycles.